The smallest absolute Gasteiger partial charge is 0.310 e. The maximum absolute atomic E-state index is 12.6. The fraction of sp³-hybridized carbons (Fsp3) is 0.179. The Morgan fingerprint density at radius 2 is 1.59 bits per heavy atom. The summed E-state index contributed by atoms with van der Waals surface area (Å²) in [4.78, 5) is 19.6. The van der Waals surface area contributed by atoms with Crippen LogP contribution in [0.25, 0.3) is 44.9 Å². The van der Waals surface area contributed by atoms with Gasteiger partial charge in [0.25, 0.3) is 0 Å². The number of esters is 1. The van der Waals surface area contributed by atoms with Crippen molar-refractivity contribution in [2.24, 2.45) is 0 Å². The van der Waals surface area contributed by atoms with E-state index in [0.29, 0.717) is 6.61 Å². The van der Waals surface area contributed by atoms with Crippen molar-refractivity contribution >= 4 is 50.8 Å². The number of fused-ring (bicyclic) bond motifs is 4. The first-order valence-electron chi connectivity index (χ1n) is 11.2. The van der Waals surface area contributed by atoms with Gasteiger partial charge in [-0.2, -0.15) is 0 Å². The summed E-state index contributed by atoms with van der Waals surface area (Å²) in [6.07, 6.45) is 6.25. The molecule has 0 aliphatic carbocycles. The average Bonchev–Trinajstić information content (AvgIpc) is 3.34. The molecule has 2 heterocycles. The van der Waals surface area contributed by atoms with Crippen molar-refractivity contribution in [3.63, 3.8) is 0 Å². The predicted molar refractivity (Wildman–Crippen MR) is 133 cm³/mol. The quantitative estimate of drug-likeness (QED) is 0.222. The highest BCUT2D eigenvalue weighted by Crippen LogP contribution is 2.33. The topological polar surface area (TPSA) is 57.9 Å². The van der Waals surface area contributed by atoms with E-state index in [1.54, 1.807) is 0 Å². The molecule has 0 bridgehead atoms. The van der Waals surface area contributed by atoms with E-state index in [1.165, 1.54) is 10.8 Å². The normalized spacial score (nSPS) is 11.8. The van der Waals surface area contributed by atoms with Gasteiger partial charge in [0.2, 0.25) is 0 Å². The van der Waals surface area contributed by atoms with E-state index in [4.69, 9.17) is 4.74 Å². The molecule has 0 aliphatic rings. The molecule has 0 spiro atoms. The molecule has 2 N–H and O–H groups in total. The molecular formula is C28H26N2O2. The van der Waals surface area contributed by atoms with Gasteiger partial charge < -0.3 is 14.7 Å². The van der Waals surface area contributed by atoms with Crippen LogP contribution in [-0.4, -0.2) is 22.5 Å². The molecule has 32 heavy (non-hydrogen) atoms. The molecule has 0 atom stereocenters. The van der Waals surface area contributed by atoms with Crippen LogP contribution < -0.4 is 0 Å². The third-order valence-electron chi connectivity index (χ3n) is 5.89. The molecule has 0 aliphatic heterocycles. The molecule has 0 saturated carbocycles. The number of ether oxygens (including phenoxy) is 1. The molecule has 0 fully saturated rings. The van der Waals surface area contributed by atoms with Crippen molar-refractivity contribution in [3.8, 4) is 0 Å². The standard InChI is InChI=1S/C28H26N2O2/c1-2-3-15-32-28(31)18-23-22-17-26-21(20-11-7-8-12-24(20)29-26)16-27(22)30-25(23)14-13-19-9-5-4-6-10-19/h4-14,16-17,29-30H,2-3,15,18H2,1H3/b14-13+. The second-order valence-corrected chi connectivity index (χ2v) is 8.13. The molecule has 5 rings (SSSR count). The minimum atomic E-state index is -0.189. The van der Waals surface area contributed by atoms with Crippen molar-refractivity contribution in [1.82, 2.24) is 9.97 Å². The van der Waals surface area contributed by atoms with Gasteiger partial charge in [0.15, 0.2) is 0 Å². The molecule has 2 aromatic heterocycles. The van der Waals surface area contributed by atoms with Gasteiger partial charge in [-0.15, -0.1) is 0 Å². The summed E-state index contributed by atoms with van der Waals surface area (Å²) in [5, 5.41) is 3.41. The number of rotatable bonds is 7. The van der Waals surface area contributed by atoms with Gasteiger partial charge in [-0.05, 0) is 41.8 Å². The zero-order valence-electron chi connectivity index (χ0n) is 18.2. The van der Waals surface area contributed by atoms with E-state index in [-0.39, 0.29) is 12.4 Å². The van der Waals surface area contributed by atoms with E-state index >= 15 is 0 Å². The Morgan fingerprint density at radius 3 is 2.44 bits per heavy atom. The molecule has 0 unspecified atom stereocenters. The Hall–Kier alpha value is -3.79. The Balaban J connectivity index is 1.60. The number of aromatic nitrogens is 2. The first kappa shape index (κ1) is 20.1. The molecule has 0 radical (unpaired) electrons. The fourth-order valence-corrected chi connectivity index (χ4v) is 4.22. The molecule has 5 aromatic rings. The van der Waals surface area contributed by atoms with Gasteiger partial charge >= 0.3 is 5.97 Å². The van der Waals surface area contributed by atoms with Crippen LogP contribution in [0.3, 0.4) is 0 Å². The van der Waals surface area contributed by atoms with Crippen LogP contribution in [-0.2, 0) is 16.0 Å². The molecule has 0 amide bonds. The van der Waals surface area contributed by atoms with E-state index in [1.807, 2.05) is 24.3 Å². The van der Waals surface area contributed by atoms with Crippen LogP contribution in [0.4, 0.5) is 0 Å². The third-order valence-corrected chi connectivity index (χ3v) is 5.89. The van der Waals surface area contributed by atoms with Crippen molar-refractivity contribution in [2.45, 2.75) is 26.2 Å². The lowest BCUT2D eigenvalue weighted by Gasteiger charge is -2.05. The molecular weight excluding hydrogens is 396 g/mol. The number of benzene rings is 3. The predicted octanol–water partition coefficient (Wildman–Crippen LogP) is 6.86. The van der Waals surface area contributed by atoms with Crippen LogP contribution in [0.5, 0.6) is 0 Å². The Morgan fingerprint density at radius 1 is 0.844 bits per heavy atom. The maximum Gasteiger partial charge on any atom is 0.310 e. The Labute approximate surface area is 186 Å². The van der Waals surface area contributed by atoms with Crippen LogP contribution in [0.2, 0.25) is 0 Å². The summed E-state index contributed by atoms with van der Waals surface area (Å²) in [5.41, 5.74) is 6.21. The summed E-state index contributed by atoms with van der Waals surface area (Å²) in [5.74, 6) is -0.189. The monoisotopic (exact) mass is 422 g/mol. The van der Waals surface area contributed by atoms with Crippen LogP contribution >= 0.6 is 0 Å². The van der Waals surface area contributed by atoms with Crippen molar-refractivity contribution < 1.29 is 9.53 Å². The van der Waals surface area contributed by atoms with Gasteiger partial charge in [0.1, 0.15) is 0 Å². The highest BCUT2D eigenvalue weighted by molar-refractivity contribution is 6.12. The van der Waals surface area contributed by atoms with Crippen molar-refractivity contribution in [1.29, 1.82) is 0 Å². The van der Waals surface area contributed by atoms with Gasteiger partial charge in [0, 0.05) is 38.4 Å². The fourth-order valence-electron chi connectivity index (χ4n) is 4.22. The van der Waals surface area contributed by atoms with Crippen molar-refractivity contribution in [3.05, 3.63) is 83.6 Å². The summed E-state index contributed by atoms with van der Waals surface area (Å²) >= 11 is 0. The number of H-pyrrole nitrogens is 2. The molecule has 0 saturated heterocycles. The van der Waals surface area contributed by atoms with Crippen LogP contribution in [0.1, 0.15) is 36.6 Å². The highest BCUT2D eigenvalue weighted by atomic mass is 16.5. The number of carbonyl (C=O) groups excluding carboxylic acids is 1. The minimum absolute atomic E-state index is 0.189. The largest absolute Gasteiger partial charge is 0.465 e. The number of nitrogens with one attached hydrogen (secondary N) is 2. The van der Waals surface area contributed by atoms with E-state index < -0.39 is 0 Å². The lowest BCUT2D eigenvalue weighted by atomic mass is 10.0. The zero-order valence-corrected chi connectivity index (χ0v) is 18.2. The van der Waals surface area contributed by atoms with Crippen molar-refractivity contribution in [2.75, 3.05) is 6.61 Å². The number of hydrogen-bond donors (Lipinski definition) is 2. The maximum atomic E-state index is 12.6. The summed E-state index contributed by atoms with van der Waals surface area (Å²) in [6.45, 7) is 2.56. The third kappa shape index (κ3) is 3.92. The lowest BCUT2D eigenvalue weighted by Crippen LogP contribution is -2.09. The number of carbonyl (C=O) groups is 1. The average molecular weight is 423 g/mol. The molecule has 4 heteroatoms. The number of aromatic amines is 2. The molecule has 4 nitrogen and oxygen atoms in total. The van der Waals surface area contributed by atoms with E-state index in [2.05, 4.69) is 71.5 Å². The first-order valence-corrected chi connectivity index (χ1v) is 11.2. The number of para-hydroxylation sites is 1. The van der Waals surface area contributed by atoms with E-state index in [0.717, 1.165) is 51.6 Å². The van der Waals surface area contributed by atoms with Crippen LogP contribution in [0, 0.1) is 0 Å². The van der Waals surface area contributed by atoms with Gasteiger partial charge in [0.05, 0.1) is 13.0 Å². The summed E-state index contributed by atoms with van der Waals surface area (Å²) in [6, 6.07) is 22.8. The number of hydrogen-bond acceptors (Lipinski definition) is 2. The molecule has 160 valence electrons. The number of unbranched alkanes of at least 4 members (excludes halogenated alkanes) is 1. The zero-order chi connectivity index (χ0) is 21.9. The Kier molecular flexibility index (Phi) is 5.51. The molecule has 3 aromatic carbocycles. The van der Waals surface area contributed by atoms with Gasteiger partial charge in [-0.3, -0.25) is 4.79 Å². The minimum Gasteiger partial charge on any atom is -0.465 e. The summed E-state index contributed by atoms with van der Waals surface area (Å²) in [7, 11) is 0. The lowest BCUT2D eigenvalue weighted by molar-refractivity contribution is -0.142. The van der Waals surface area contributed by atoms with E-state index in [9.17, 15) is 4.79 Å². The second kappa shape index (κ2) is 8.75. The van der Waals surface area contributed by atoms with Gasteiger partial charge in [-0.25, -0.2) is 0 Å². The van der Waals surface area contributed by atoms with Crippen LogP contribution in [0.15, 0.2) is 66.7 Å². The summed E-state index contributed by atoms with van der Waals surface area (Å²) < 4.78 is 5.47. The first-order chi connectivity index (χ1) is 15.7. The van der Waals surface area contributed by atoms with Gasteiger partial charge in [-0.1, -0.05) is 68.0 Å². The SMILES string of the molecule is CCCCOC(=O)Cc1c(/C=C/c2ccccc2)[nH]c2cc3c(cc12)[nH]c1ccccc13. The second-order valence-electron chi connectivity index (χ2n) is 8.13. The highest BCUT2D eigenvalue weighted by Gasteiger charge is 2.16. The Bertz CT molecular complexity index is 1420.